The molecule has 0 heterocycles. The molecule has 3 nitrogen and oxygen atoms in total. The largest absolute Gasteiger partial charge is 0.481 e. The second-order valence-corrected chi connectivity index (χ2v) is 18.3. The van der Waals surface area contributed by atoms with E-state index >= 15 is 0 Å². The minimum atomic E-state index is -0.652. The standard InChI is InChI=1S/C52H105NO2/c1-4-6-8-10-12-14-16-18-20-22-24-26-28-30-32-34-36-38-40-42-44-46-48-53(51(3)50-52(54)55)49-47-45-43-41-39-37-35-33-31-29-27-25-23-21-19-17-15-13-11-9-7-5-2/h51H,4-50H2,1-3H3,(H,54,55). The van der Waals surface area contributed by atoms with Crippen LogP contribution in [0.25, 0.3) is 0 Å². The molecular formula is C52H105NO2. The van der Waals surface area contributed by atoms with E-state index in [9.17, 15) is 9.90 Å². The number of aliphatic carboxylic acids is 1. The third-order valence-electron chi connectivity index (χ3n) is 12.7. The second-order valence-electron chi connectivity index (χ2n) is 18.3. The van der Waals surface area contributed by atoms with Gasteiger partial charge in [-0.3, -0.25) is 4.79 Å². The summed E-state index contributed by atoms with van der Waals surface area (Å²) in [5.74, 6) is -0.652. The molecule has 0 amide bonds. The average molecular weight is 776 g/mol. The van der Waals surface area contributed by atoms with Gasteiger partial charge in [0.05, 0.1) is 6.42 Å². The van der Waals surface area contributed by atoms with Crippen LogP contribution in [-0.2, 0) is 4.79 Å². The van der Waals surface area contributed by atoms with E-state index in [2.05, 4.69) is 25.7 Å². The highest BCUT2D eigenvalue weighted by Crippen LogP contribution is 2.18. The Morgan fingerprint density at radius 2 is 0.491 bits per heavy atom. The van der Waals surface area contributed by atoms with Gasteiger partial charge in [0.25, 0.3) is 0 Å². The predicted octanol–water partition coefficient (Wildman–Crippen LogP) is 18.4. The molecule has 0 aromatic rings. The molecule has 1 N–H and O–H groups in total. The van der Waals surface area contributed by atoms with Crippen LogP contribution in [0, 0.1) is 0 Å². The summed E-state index contributed by atoms with van der Waals surface area (Å²) < 4.78 is 0. The van der Waals surface area contributed by atoms with Gasteiger partial charge in [0, 0.05) is 6.04 Å². The second kappa shape index (κ2) is 47.8. The Balaban J connectivity index is 3.57. The number of hydrogen-bond acceptors (Lipinski definition) is 2. The third-order valence-corrected chi connectivity index (χ3v) is 12.7. The van der Waals surface area contributed by atoms with Crippen molar-refractivity contribution in [1.82, 2.24) is 4.90 Å². The number of carboxylic acids is 1. The Bertz CT molecular complexity index is 662. The number of carboxylic acid groups (broad SMARTS) is 1. The van der Waals surface area contributed by atoms with Crippen LogP contribution < -0.4 is 0 Å². The molecule has 0 rings (SSSR count). The third kappa shape index (κ3) is 46.0. The van der Waals surface area contributed by atoms with Gasteiger partial charge in [-0.25, -0.2) is 0 Å². The molecule has 1 atom stereocenters. The van der Waals surface area contributed by atoms with Crippen LogP contribution in [0.5, 0.6) is 0 Å². The van der Waals surface area contributed by atoms with E-state index in [4.69, 9.17) is 0 Å². The summed E-state index contributed by atoms with van der Waals surface area (Å²) in [7, 11) is 0. The van der Waals surface area contributed by atoms with Crippen LogP contribution in [0.15, 0.2) is 0 Å². The zero-order valence-corrected chi connectivity index (χ0v) is 38.6. The van der Waals surface area contributed by atoms with Gasteiger partial charge < -0.3 is 10.0 Å². The summed E-state index contributed by atoms with van der Waals surface area (Å²) in [6.07, 6.45) is 62.8. The van der Waals surface area contributed by atoms with Gasteiger partial charge in [-0.1, -0.05) is 284 Å². The molecule has 0 aromatic carbocycles. The molecule has 1 unspecified atom stereocenters. The molecule has 0 spiro atoms. The Hall–Kier alpha value is -0.570. The van der Waals surface area contributed by atoms with E-state index in [0.29, 0.717) is 0 Å². The van der Waals surface area contributed by atoms with Gasteiger partial charge in [0.15, 0.2) is 0 Å². The summed E-state index contributed by atoms with van der Waals surface area (Å²) in [5.41, 5.74) is 0. The van der Waals surface area contributed by atoms with Crippen molar-refractivity contribution in [2.75, 3.05) is 13.1 Å². The number of unbranched alkanes of at least 4 members (excludes halogenated alkanes) is 42. The number of rotatable bonds is 49. The lowest BCUT2D eigenvalue weighted by Crippen LogP contribution is -2.36. The van der Waals surface area contributed by atoms with Crippen molar-refractivity contribution < 1.29 is 9.90 Å². The lowest BCUT2D eigenvalue weighted by Gasteiger charge is -2.28. The Morgan fingerprint density at radius 3 is 0.655 bits per heavy atom. The normalized spacial score (nSPS) is 12.3. The molecule has 0 radical (unpaired) electrons. The topological polar surface area (TPSA) is 40.5 Å². The maximum Gasteiger partial charge on any atom is 0.304 e. The first-order chi connectivity index (χ1) is 27.1. The van der Waals surface area contributed by atoms with Gasteiger partial charge in [0.1, 0.15) is 0 Å². The number of carbonyl (C=O) groups is 1. The van der Waals surface area contributed by atoms with E-state index in [1.807, 2.05) is 0 Å². The molecule has 0 aliphatic heterocycles. The fraction of sp³-hybridized carbons (Fsp3) is 0.981. The van der Waals surface area contributed by atoms with Crippen LogP contribution in [0.2, 0.25) is 0 Å². The summed E-state index contributed by atoms with van der Waals surface area (Å²) in [6, 6.07) is 0.155. The van der Waals surface area contributed by atoms with E-state index in [1.165, 1.54) is 283 Å². The molecule has 0 aliphatic carbocycles. The van der Waals surface area contributed by atoms with Gasteiger partial charge in [-0.2, -0.15) is 0 Å². The lowest BCUT2D eigenvalue weighted by atomic mass is 10.0. The molecule has 0 aromatic heterocycles. The highest BCUT2D eigenvalue weighted by Gasteiger charge is 2.16. The Labute approximate surface area is 348 Å². The summed E-state index contributed by atoms with van der Waals surface area (Å²) in [6.45, 7) is 8.89. The predicted molar refractivity (Wildman–Crippen MR) is 248 cm³/mol. The Morgan fingerprint density at radius 1 is 0.327 bits per heavy atom. The quantitative estimate of drug-likeness (QED) is 0.0626. The van der Waals surface area contributed by atoms with Gasteiger partial charge >= 0.3 is 5.97 Å². The minimum Gasteiger partial charge on any atom is -0.481 e. The van der Waals surface area contributed by atoms with Gasteiger partial charge in [-0.15, -0.1) is 0 Å². The molecule has 3 heteroatoms. The highest BCUT2D eigenvalue weighted by atomic mass is 16.4. The lowest BCUT2D eigenvalue weighted by molar-refractivity contribution is -0.138. The smallest absolute Gasteiger partial charge is 0.304 e. The number of nitrogens with zero attached hydrogens (tertiary/aromatic N) is 1. The summed E-state index contributed by atoms with van der Waals surface area (Å²) >= 11 is 0. The van der Waals surface area contributed by atoms with E-state index < -0.39 is 5.97 Å². The van der Waals surface area contributed by atoms with Crippen molar-refractivity contribution >= 4 is 5.97 Å². The first-order valence-electron chi connectivity index (χ1n) is 26.1. The minimum absolute atomic E-state index is 0.155. The van der Waals surface area contributed by atoms with Crippen molar-refractivity contribution in [3.05, 3.63) is 0 Å². The maximum atomic E-state index is 11.4. The van der Waals surface area contributed by atoms with E-state index in [1.54, 1.807) is 0 Å². The maximum absolute atomic E-state index is 11.4. The van der Waals surface area contributed by atoms with Crippen molar-refractivity contribution in [2.24, 2.45) is 0 Å². The van der Waals surface area contributed by atoms with Crippen molar-refractivity contribution in [1.29, 1.82) is 0 Å². The van der Waals surface area contributed by atoms with Crippen LogP contribution in [0.1, 0.15) is 310 Å². The highest BCUT2D eigenvalue weighted by molar-refractivity contribution is 5.67. The van der Waals surface area contributed by atoms with Crippen LogP contribution in [0.4, 0.5) is 0 Å². The molecule has 55 heavy (non-hydrogen) atoms. The fourth-order valence-electron chi connectivity index (χ4n) is 8.78. The van der Waals surface area contributed by atoms with Gasteiger partial charge in [-0.05, 0) is 32.9 Å². The van der Waals surface area contributed by atoms with Crippen LogP contribution in [0.3, 0.4) is 0 Å². The zero-order valence-electron chi connectivity index (χ0n) is 38.6. The monoisotopic (exact) mass is 776 g/mol. The Kier molecular flexibility index (Phi) is 47.3. The summed E-state index contributed by atoms with van der Waals surface area (Å²) in [5, 5.41) is 9.41. The van der Waals surface area contributed by atoms with Gasteiger partial charge in [0.2, 0.25) is 0 Å². The van der Waals surface area contributed by atoms with Crippen molar-refractivity contribution in [2.45, 2.75) is 316 Å². The van der Waals surface area contributed by atoms with E-state index in [0.717, 1.165) is 13.1 Å². The average Bonchev–Trinajstić information content (AvgIpc) is 3.17. The molecule has 330 valence electrons. The molecule has 0 bridgehead atoms. The molecular weight excluding hydrogens is 671 g/mol. The molecule has 0 fully saturated rings. The first-order valence-corrected chi connectivity index (χ1v) is 26.1. The first kappa shape index (κ1) is 54.4. The van der Waals surface area contributed by atoms with Crippen molar-refractivity contribution in [3.8, 4) is 0 Å². The molecule has 0 saturated carbocycles. The number of hydrogen-bond donors (Lipinski definition) is 1. The van der Waals surface area contributed by atoms with E-state index in [-0.39, 0.29) is 12.5 Å². The summed E-state index contributed by atoms with van der Waals surface area (Å²) in [4.78, 5) is 13.9. The molecule has 0 aliphatic rings. The SMILES string of the molecule is CCCCCCCCCCCCCCCCCCCCCCCCN(CCCCCCCCCCCCCCCCCCCCCCCC)C(C)CC(=O)O. The van der Waals surface area contributed by atoms with Crippen LogP contribution in [-0.4, -0.2) is 35.1 Å². The zero-order chi connectivity index (χ0) is 40.0. The fourth-order valence-corrected chi connectivity index (χ4v) is 8.78. The molecule has 0 saturated heterocycles. The van der Waals surface area contributed by atoms with Crippen LogP contribution >= 0.6 is 0 Å². The van der Waals surface area contributed by atoms with Crippen molar-refractivity contribution in [3.63, 3.8) is 0 Å².